The van der Waals surface area contributed by atoms with Gasteiger partial charge in [0.2, 0.25) is 10.0 Å². The third-order valence-electron chi connectivity index (χ3n) is 1.57. The summed E-state index contributed by atoms with van der Waals surface area (Å²) in [6, 6.07) is 0. The lowest BCUT2D eigenvalue weighted by Crippen LogP contribution is -2.32. The maximum absolute atomic E-state index is 10.8. The van der Waals surface area contributed by atoms with Crippen molar-refractivity contribution in [2.45, 2.75) is 32.4 Å². The molecule has 3 nitrogen and oxygen atoms in total. The first kappa shape index (κ1) is 9.91. The highest BCUT2D eigenvalue weighted by atomic mass is 32.2. The van der Waals surface area contributed by atoms with E-state index in [2.05, 4.69) is 0 Å². The summed E-state index contributed by atoms with van der Waals surface area (Å²) in [7, 11) is -3.31. The molecule has 0 aliphatic heterocycles. The summed E-state index contributed by atoms with van der Waals surface area (Å²) in [6.45, 7) is 5.55. The van der Waals surface area contributed by atoms with Gasteiger partial charge in [-0.15, -0.1) is 0 Å². The molecule has 4 heteroatoms. The molecule has 0 aromatic carbocycles. The lowest BCUT2D eigenvalue weighted by molar-refractivity contribution is 0.523. The smallest absolute Gasteiger partial charge is 0.212 e. The fraction of sp³-hybridized carbons (Fsp3) is 1.00. The number of hydrogen-bond donors (Lipinski definition) is 1. The lowest BCUT2D eigenvalue weighted by atomic mass is 10.1. The molecule has 1 atom stereocenters. The van der Waals surface area contributed by atoms with E-state index in [1.54, 1.807) is 0 Å². The summed E-state index contributed by atoms with van der Waals surface area (Å²) >= 11 is 0. The van der Waals surface area contributed by atoms with Crippen LogP contribution in [-0.4, -0.2) is 13.7 Å². The number of sulfonamides is 1. The van der Waals surface area contributed by atoms with Gasteiger partial charge in [0.1, 0.15) is 0 Å². The van der Waals surface area contributed by atoms with Gasteiger partial charge in [0.25, 0.3) is 0 Å². The van der Waals surface area contributed by atoms with Crippen molar-refractivity contribution in [2.24, 2.45) is 11.1 Å². The molecule has 0 unspecified atom stereocenters. The van der Waals surface area contributed by atoms with Gasteiger partial charge < -0.3 is 0 Å². The number of rotatable bonds is 3. The van der Waals surface area contributed by atoms with E-state index in [1.165, 1.54) is 0 Å². The number of nitrogens with two attached hydrogens (primary N) is 1. The predicted molar refractivity (Wildman–Crippen MR) is 42.0 cm³/mol. The summed E-state index contributed by atoms with van der Waals surface area (Å²) in [5.74, 6) is 0.111. The van der Waals surface area contributed by atoms with Gasteiger partial charge in [-0.05, 0) is 12.3 Å². The van der Waals surface area contributed by atoms with Crippen LogP contribution in [0.2, 0.25) is 0 Å². The van der Waals surface area contributed by atoms with Crippen molar-refractivity contribution in [2.75, 3.05) is 0 Å². The molecule has 0 saturated heterocycles. The van der Waals surface area contributed by atoms with Gasteiger partial charge in [-0.2, -0.15) is 0 Å². The van der Waals surface area contributed by atoms with Crippen molar-refractivity contribution in [3.05, 3.63) is 0 Å². The fourth-order valence-corrected chi connectivity index (χ4v) is 2.31. The minimum atomic E-state index is -3.31. The minimum Gasteiger partial charge on any atom is -0.228 e. The summed E-state index contributed by atoms with van der Waals surface area (Å²) in [5.41, 5.74) is 0. The molecule has 0 heterocycles. The second-order valence-electron chi connectivity index (χ2n) is 2.78. The van der Waals surface area contributed by atoms with Gasteiger partial charge in [0, 0.05) is 0 Å². The molecule has 0 fully saturated rings. The van der Waals surface area contributed by atoms with Crippen molar-refractivity contribution in [1.82, 2.24) is 0 Å². The first-order chi connectivity index (χ1) is 4.39. The molecule has 0 aliphatic rings. The number of hydrogen-bond acceptors (Lipinski definition) is 2. The van der Waals surface area contributed by atoms with Crippen LogP contribution in [0.1, 0.15) is 27.2 Å². The molecule has 0 saturated carbocycles. The highest BCUT2D eigenvalue weighted by Gasteiger charge is 2.22. The van der Waals surface area contributed by atoms with Crippen molar-refractivity contribution in [1.29, 1.82) is 0 Å². The second kappa shape index (κ2) is 3.34. The zero-order valence-corrected chi connectivity index (χ0v) is 7.48. The van der Waals surface area contributed by atoms with Gasteiger partial charge in [-0.1, -0.05) is 20.8 Å². The zero-order valence-electron chi connectivity index (χ0n) is 6.66. The van der Waals surface area contributed by atoms with E-state index < -0.39 is 10.0 Å². The van der Waals surface area contributed by atoms with Crippen LogP contribution in [0.5, 0.6) is 0 Å². The van der Waals surface area contributed by atoms with Crippen molar-refractivity contribution < 1.29 is 8.42 Å². The van der Waals surface area contributed by atoms with E-state index in [-0.39, 0.29) is 11.2 Å². The van der Waals surface area contributed by atoms with Crippen LogP contribution in [0, 0.1) is 5.92 Å². The Morgan fingerprint density at radius 2 is 1.80 bits per heavy atom. The molecule has 62 valence electrons. The second-order valence-corrected chi connectivity index (χ2v) is 4.56. The average molecular weight is 165 g/mol. The van der Waals surface area contributed by atoms with Crippen LogP contribution in [0.4, 0.5) is 0 Å². The summed E-state index contributed by atoms with van der Waals surface area (Å²) < 4.78 is 21.6. The normalized spacial score (nSPS) is 15.7. The third kappa shape index (κ3) is 2.66. The molecule has 0 aliphatic carbocycles. The summed E-state index contributed by atoms with van der Waals surface area (Å²) in [5, 5.41) is 4.58. The van der Waals surface area contributed by atoms with Gasteiger partial charge >= 0.3 is 0 Å². The first-order valence-electron chi connectivity index (χ1n) is 3.41. The summed E-state index contributed by atoms with van der Waals surface area (Å²) in [4.78, 5) is 0. The van der Waals surface area contributed by atoms with Crippen LogP contribution in [0.15, 0.2) is 0 Å². The van der Waals surface area contributed by atoms with E-state index in [0.29, 0.717) is 6.42 Å². The minimum absolute atomic E-state index is 0.111. The Morgan fingerprint density at radius 1 is 1.40 bits per heavy atom. The molecule has 0 spiro atoms. The van der Waals surface area contributed by atoms with Gasteiger partial charge in [-0.25, -0.2) is 13.6 Å². The Labute approximate surface area is 62.7 Å². The molecule has 0 radical (unpaired) electrons. The molecule has 0 amide bonds. The van der Waals surface area contributed by atoms with Crippen molar-refractivity contribution in [3.63, 3.8) is 0 Å². The Hall–Kier alpha value is -0.0900. The Morgan fingerprint density at radius 3 is 1.80 bits per heavy atom. The monoisotopic (exact) mass is 165 g/mol. The highest BCUT2D eigenvalue weighted by Crippen LogP contribution is 2.12. The Kier molecular flexibility index (Phi) is 3.31. The molecule has 0 aromatic heterocycles. The van der Waals surface area contributed by atoms with E-state index in [1.807, 2.05) is 20.8 Å². The van der Waals surface area contributed by atoms with E-state index in [9.17, 15) is 8.42 Å². The summed E-state index contributed by atoms with van der Waals surface area (Å²) in [6.07, 6.45) is 0.594. The molecule has 0 aromatic rings. The largest absolute Gasteiger partial charge is 0.228 e. The van der Waals surface area contributed by atoms with Gasteiger partial charge in [0.15, 0.2) is 0 Å². The zero-order chi connectivity index (χ0) is 8.36. The molecule has 0 rings (SSSR count). The van der Waals surface area contributed by atoms with Crippen LogP contribution in [-0.2, 0) is 10.0 Å². The fourth-order valence-electron chi connectivity index (χ4n) is 1.08. The lowest BCUT2D eigenvalue weighted by Gasteiger charge is -2.15. The molecule has 10 heavy (non-hydrogen) atoms. The first-order valence-corrected chi connectivity index (χ1v) is 5.02. The SMILES string of the molecule is CC[C@@H](C(C)C)S(N)(=O)=O. The van der Waals surface area contributed by atoms with Crippen molar-refractivity contribution in [3.8, 4) is 0 Å². The van der Waals surface area contributed by atoms with E-state index >= 15 is 0 Å². The van der Waals surface area contributed by atoms with Crippen molar-refractivity contribution >= 4 is 10.0 Å². The number of primary sulfonamides is 1. The predicted octanol–water partition coefficient (Wildman–Crippen LogP) is 0.710. The average Bonchev–Trinajstić information content (AvgIpc) is 1.60. The maximum atomic E-state index is 10.8. The van der Waals surface area contributed by atoms with Gasteiger partial charge in [0.05, 0.1) is 5.25 Å². The van der Waals surface area contributed by atoms with E-state index in [0.717, 1.165) is 0 Å². The van der Waals surface area contributed by atoms with E-state index in [4.69, 9.17) is 5.14 Å². The van der Waals surface area contributed by atoms with Gasteiger partial charge in [-0.3, -0.25) is 0 Å². The quantitative estimate of drug-likeness (QED) is 0.669. The Balaban J connectivity index is 4.38. The topological polar surface area (TPSA) is 60.2 Å². The molecular formula is C6H15NO2S. The van der Waals surface area contributed by atoms with Crippen LogP contribution >= 0.6 is 0 Å². The highest BCUT2D eigenvalue weighted by molar-refractivity contribution is 7.89. The maximum Gasteiger partial charge on any atom is 0.212 e. The molecular weight excluding hydrogens is 150 g/mol. The standard InChI is InChI=1S/C6H15NO2S/c1-4-6(5(2)3)10(7,8)9/h5-6H,4H2,1-3H3,(H2,7,8,9)/t6-/m0/s1. The van der Waals surface area contributed by atoms with Crippen LogP contribution in [0.25, 0.3) is 0 Å². The molecule has 0 bridgehead atoms. The van der Waals surface area contributed by atoms with Crippen LogP contribution < -0.4 is 5.14 Å². The van der Waals surface area contributed by atoms with Crippen LogP contribution in [0.3, 0.4) is 0 Å². The Bertz CT molecular complexity index is 184. The third-order valence-corrected chi connectivity index (χ3v) is 3.29. The molecule has 2 N–H and O–H groups in total.